The number of rotatable bonds is 2. The number of anilines is 1. The zero-order valence-electron chi connectivity index (χ0n) is 16.7. The maximum atomic E-state index is 12.9. The molecule has 7 heteroatoms. The molecule has 0 aliphatic carbocycles. The molecule has 2 aliphatic heterocycles. The molecule has 2 heterocycles. The molecule has 0 saturated carbocycles. The minimum atomic E-state index is -0.600. The van der Waals surface area contributed by atoms with Gasteiger partial charge in [0, 0.05) is 31.9 Å². The smallest absolute Gasteiger partial charge is 0.267 e. The Hall–Kier alpha value is -2.80. The van der Waals surface area contributed by atoms with E-state index in [0.717, 1.165) is 5.69 Å². The average molecular weight is 412 g/mol. The molecule has 0 aromatic heterocycles. The van der Waals surface area contributed by atoms with Gasteiger partial charge in [0.25, 0.3) is 5.91 Å². The summed E-state index contributed by atoms with van der Waals surface area (Å²) in [6.45, 7) is 7.00. The van der Waals surface area contributed by atoms with Gasteiger partial charge in [-0.05, 0) is 61.5 Å². The molecular formula is C22H25N3O3S. The normalized spacial score (nSPS) is 18.3. The van der Waals surface area contributed by atoms with Gasteiger partial charge in [-0.25, -0.2) is 0 Å². The molecule has 2 aromatic rings. The van der Waals surface area contributed by atoms with E-state index in [4.69, 9.17) is 21.7 Å². The van der Waals surface area contributed by atoms with Crippen LogP contribution in [0.1, 0.15) is 11.1 Å². The summed E-state index contributed by atoms with van der Waals surface area (Å²) in [6, 6.07) is 13.6. The maximum absolute atomic E-state index is 12.9. The molecule has 1 saturated heterocycles. The molecular weight excluding hydrogens is 386 g/mol. The van der Waals surface area contributed by atoms with E-state index in [-0.39, 0.29) is 12.5 Å². The van der Waals surface area contributed by atoms with Crippen molar-refractivity contribution in [3.8, 4) is 11.5 Å². The number of aryl methyl sites for hydroxylation is 2. The van der Waals surface area contributed by atoms with Gasteiger partial charge in [-0.1, -0.05) is 18.2 Å². The monoisotopic (exact) mass is 411 g/mol. The summed E-state index contributed by atoms with van der Waals surface area (Å²) in [7, 11) is 0. The predicted octanol–water partition coefficient (Wildman–Crippen LogP) is 2.98. The van der Waals surface area contributed by atoms with E-state index < -0.39 is 6.10 Å². The number of piperazine rings is 1. The van der Waals surface area contributed by atoms with Crippen LogP contribution in [0, 0.1) is 13.8 Å². The van der Waals surface area contributed by atoms with E-state index in [9.17, 15) is 4.79 Å². The zero-order chi connectivity index (χ0) is 20.4. The topological polar surface area (TPSA) is 54.0 Å². The van der Waals surface area contributed by atoms with Crippen molar-refractivity contribution in [2.75, 3.05) is 38.1 Å². The van der Waals surface area contributed by atoms with Gasteiger partial charge < -0.3 is 24.6 Å². The van der Waals surface area contributed by atoms with Crippen molar-refractivity contribution in [2.24, 2.45) is 0 Å². The summed E-state index contributed by atoms with van der Waals surface area (Å²) < 4.78 is 11.5. The third kappa shape index (κ3) is 4.29. The molecule has 1 N–H and O–H groups in total. The summed E-state index contributed by atoms with van der Waals surface area (Å²) in [5.74, 6) is 1.27. The number of nitrogens with one attached hydrogen (secondary N) is 1. The Labute approximate surface area is 176 Å². The van der Waals surface area contributed by atoms with Gasteiger partial charge in [0.15, 0.2) is 16.6 Å². The van der Waals surface area contributed by atoms with Crippen LogP contribution in [0.25, 0.3) is 0 Å². The molecule has 4 rings (SSSR count). The Balaban J connectivity index is 1.30. The van der Waals surface area contributed by atoms with Crippen molar-refractivity contribution >= 4 is 28.9 Å². The van der Waals surface area contributed by atoms with E-state index in [2.05, 4.69) is 36.2 Å². The number of hydrogen-bond donors (Lipinski definition) is 1. The standard InChI is InChI=1S/C22H25N3O3S/c1-15-7-8-17(13-16(15)2)23-22(29)25-11-9-24(10-12-25)21(26)20-14-27-18-5-3-4-6-19(18)28-20/h3-8,13,20H,9-12,14H2,1-2H3,(H,23,29). The van der Waals surface area contributed by atoms with Gasteiger partial charge in [0.2, 0.25) is 6.10 Å². The van der Waals surface area contributed by atoms with Crippen LogP contribution in [0.5, 0.6) is 11.5 Å². The summed E-state index contributed by atoms with van der Waals surface area (Å²) in [6.07, 6.45) is -0.600. The Morgan fingerprint density at radius 2 is 1.69 bits per heavy atom. The van der Waals surface area contributed by atoms with Crippen LogP contribution in [0.15, 0.2) is 42.5 Å². The molecule has 152 valence electrons. The highest BCUT2D eigenvalue weighted by molar-refractivity contribution is 7.80. The van der Waals surface area contributed by atoms with Gasteiger partial charge in [0.05, 0.1) is 0 Å². The van der Waals surface area contributed by atoms with Crippen molar-refractivity contribution in [3.63, 3.8) is 0 Å². The number of amides is 1. The third-order valence-electron chi connectivity index (χ3n) is 5.42. The van der Waals surface area contributed by atoms with Crippen LogP contribution in [-0.2, 0) is 4.79 Å². The molecule has 29 heavy (non-hydrogen) atoms. The first-order valence-corrected chi connectivity index (χ1v) is 10.2. The van der Waals surface area contributed by atoms with E-state index in [0.29, 0.717) is 42.8 Å². The minimum absolute atomic E-state index is 0.0350. The minimum Gasteiger partial charge on any atom is -0.485 e. The van der Waals surface area contributed by atoms with E-state index in [1.807, 2.05) is 35.2 Å². The second-order valence-electron chi connectivity index (χ2n) is 7.41. The maximum Gasteiger partial charge on any atom is 0.267 e. The van der Waals surface area contributed by atoms with Gasteiger partial charge in [-0.3, -0.25) is 4.79 Å². The fraction of sp³-hybridized carbons (Fsp3) is 0.364. The molecule has 1 fully saturated rings. The second-order valence-corrected chi connectivity index (χ2v) is 7.79. The van der Waals surface area contributed by atoms with Gasteiger partial charge in [-0.2, -0.15) is 0 Å². The van der Waals surface area contributed by atoms with Crippen LogP contribution in [0.4, 0.5) is 5.69 Å². The Morgan fingerprint density at radius 1 is 1.00 bits per heavy atom. The first kappa shape index (κ1) is 19.5. The molecule has 1 atom stereocenters. The van der Waals surface area contributed by atoms with E-state index in [1.54, 1.807) is 0 Å². The number of benzene rings is 2. The largest absolute Gasteiger partial charge is 0.485 e. The molecule has 0 spiro atoms. The summed E-state index contributed by atoms with van der Waals surface area (Å²) in [5.41, 5.74) is 3.47. The van der Waals surface area contributed by atoms with Crippen LogP contribution in [-0.4, -0.2) is 59.7 Å². The third-order valence-corrected chi connectivity index (χ3v) is 5.78. The summed E-state index contributed by atoms with van der Waals surface area (Å²) >= 11 is 5.57. The van der Waals surface area contributed by atoms with Crippen LogP contribution in [0.3, 0.4) is 0 Å². The van der Waals surface area contributed by atoms with E-state index in [1.165, 1.54) is 11.1 Å². The SMILES string of the molecule is Cc1ccc(NC(=S)N2CCN(C(=O)C3COc4ccccc4O3)CC2)cc1C. The van der Waals surface area contributed by atoms with Crippen molar-refractivity contribution in [3.05, 3.63) is 53.6 Å². The number of para-hydroxylation sites is 2. The highest BCUT2D eigenvalue weighted by Crippen LogP contribution is 2.31. The van der Waals surface area contributed by atoms with Crippen LogP contribution < -0.4 is 14.8 Å². The van der Waals surface area contributed by atoms with Gasteiger partial charge in [-0.15, -0.1) is 0 Å². The van der Waals surface area contributed by atoms with Gasteiger partial charge >= 0.3 is 0 Å². The first-order chi connectivity index (χ1) is 14.0. The van der Waals surface area contributed by atoms with E-state index >= 15 is 0 Å². The lowest BCUT2D eigenvalue weighted by Gasteiger charge is -2.38. The number of carbonyl (C=O) groups excluding carboxylic acids is 1. The second kappa shape index (κ2) is 8.29. The zero-order valence-corrected chi connectivity index (χ0v) is 17.5. The van der Waals surface area contributed by atoms with Crippen molar-refractivity contribution in [1.29, 1.82) is 0 Å². The van der Waals surface area contributed by atoms with Crippen LogP contribution in [0.2, 0.25) is 0 Å². The Kier molecular flexibility index (Phi) is 5.58. The van der Waals surface area contributed by atoms with Crippen molar-refractivity contribution < 1.29 is 14.3 Å². The van der Waals surface area contributed by atoms with Crippen molar-refractivity contribution in [1.82, 2.24) is 9.80 Å². The lowest BCUT2D eigenvalue weighted by molar-refractivity contribution is -0.142. The average Bonchev–Trinajstić information content (AvgIpc) is 2.75. The number of hydrogen-bond acceptors (Lipinski definition) is 4. The number of nitrogens with zero attached hydrogens (tertiary/aromatic N) is 2. The van der Waals surface area contributed by atoms with Crippen molar-refractivity contribution in [2.45, 2.75) is 20.0 Å². The molecule has 1 unspecified atom stereocenters. The Bertz CT molecular complexity index is 925. The highest BCUT2D eigenvalue weighted by atomic mass is 32.1. The molecule has 2 aromatic carbocycles. The fourth-order valence-electron chi connectivity index (χ4n) is 3.50. The number of fused-ring (bicyclic) bond motifs is 1. The lowest BCUT2D eigenvalue weighted by atomic mass is 10.1. The molecule has 6 nitrogen and oxygen atoms in total. The summed E-state index contributed by atoms with van der Waals surface area (Å²) in [5, 5.41) is 3.99. The Morgan fingerprint density at radius 3 is 2.41 bits per heavy atom. The molecule has 2 aliphatic rings. The number of thiocarbonyl (C=S) groups is 1. The predicted molar refractivity (Wildman–Crippen MR) is 117 cm³/mol. The molecule has 1 amide bonds. The van der Waals surface area contributed by atoms with Crippen LogP contribution >= 0.6 is 12.2 Å². The number of carbonyl (C=O) groups is 1. The quantitative estimate of drug-likeness (QED) is 0.767. The fourth-order valence-corrected chi connectivity index (χ4v) is 3.80. The lowest BCUT2D eigenvalue weighted by Crippen LogP contribution is -2.55. The molecule has 0 bridgehead atoms. The van der Waals surface area contributed by atoms with Gasteiger partial charge in [0.1, 0.15) is 6.61 Å². The molecule has 0 radical (unpaired) electrons. The first-order valence-electron chi connectivity index (χ1n) is 9.82. The highest BCUT2D eigenvalue weighted by Gasteiger charge is 2.33. The number of ether oxygens (including phenoxy) is 2. The summed E-state index contributed by atoms with van der Waals surface area (Å²) in [4.78, 5) is 16.8.